The van der Waals surface area contributed by atoms with Gasteiger partial charge >= 0.3 is 11.9 Å². The van der Waals surface area contributed by atoms with Gasteiger partial charge in [0.15, 0.2) is 0 Å². The Kier molecular flexibility index (Phi) is 3.97. The van der Waals surface area contributed by atoms with Crippen LogP contribution in [0.2, 0.25) is 0 Å². The molecule has 0 radical (unpaired) electrons. The summed E-state index contributed by atoms with van der Waals surface area (Å²) in [4.78, 5) is 45.9. The number of carbonyl (C=O) groups excluding carboxylic acids is 4. The minimum Gasteiger partial charge on any atom is -0.466 e. The van der Waals surface area contributed by atoms with Crippen molar-refractivity contribution in [3.63, 3.8) is 0 Å². The van der Waals surface area contributed by atoms with Crippen LogP contribution >= 0.6 is 0 Å². The minimum atomic E-state index is -0.945. The first kappa shape index (κ1) is 12.9. The Morgan fingerprint density at radius 1 is 1.12 bits per heavy atom. The normalized spacial score (nSPS) is 16.1. The monoisotopic (exact) mass is 241 g/mol. The van der Waals surface area contributed by atoms with E-state index in [-0.39, 0.29) is 12.8 Å². The minimum absolute atomic E-state index is 0.00827. The predicted molar refractivity (Wildman–Crippen MR) is 53.2 cm³/mol. The molecule has 2 amide bonds. The SMILES string of the molecule is COC(=O)/C=C(\C(=O)OC)N1C(=O)CCC1=O. The fourth-order valence-electron chi connectivity index (χ4n) is 1.34. The Hall–Kier alpha value is -2.18. The van der Waals surface area contributed by atoms with Gasteiger partial charge in [-0.05, 0) is 0 Å². The second-order valence-electron chi connectivity index (χ2n) is 3.17. The average molecular weight is 241 g/mol. The number of amides is 2. The maximum Gasteiger partial charge on any atom is 0.355 e. The fraction of sp³-hybridized carbons (Fsp3) is 0.400. The van der Waals surface area contributed by atoms with Crippen LogP contribution in [0.3, 0.4) is 0 Å². The Balaban J connectivity index is 3.10. The number of likely N-dealkylation sites (tertiary alicyclic amines) is 1. The zero-order chi connectivity index (χ0) is 13.0. The van der Waals surface area contributed by atoms with Gasteiger partial charge in [-0.25, -0.2) is 14.5 Å². The summed E-state index contributed by atoms with van der Waals surface area (Å²) in [5.74, 6) is -2.89. The zero-order valence-corrected chi connectivity index (χ0v) is 9.39. The smallest absolute Gasteiger partial charge is 0.355 e. The lowest BCUT2D eigenvalue weighted by Crippen LogP contribution is -2.33. The largest absolute Gasteiger partial charge is 0.466 e. The molecule has 0 N–H and O–H groups in total. The van der Waals surface area contributed by atoms with Crippen molar-refractivity contribution < 1.29 is 28.7 Å². The van der Waals surface area contributed by atoms with E-state index in [1.165, 1.54) is 0 Å². The predicted octanol–water partition coefficient (Wildman–Crippen LogP) is -0.635. The van der Waals surface area contributed by atoms with Crippen LogP contribution in [0.25, 0.3) is 0 Å². The number of carbonyl (C=O) groups is 4. The molecular weight excluding hydrogens is 230 g/mol. The molecule has 0 unspecified atom stereocenters. The highest BCUT2D eigenvalue weighted by Crippen LogP contribution is 2.19. The van der Waals surface area contributed by atoms with Crippen LogP contribution < -0.4 is 0 Å². The lowest BCUT2D eigenvalue weighted by molar-refractivity contribution is -0.146. The summed E-state index contributed by atoms with van der Waals surface area (Å²) < 4.78 is 8.74. The number of imide groups is 1. The molecule has 0 atom stereocenters. The molecule has 0 spiro atoms. The highest BCUT2D eigenvalue weighted by Gasteiger charge is 2.35. The number of nitrogens with zero attached hydrogens (tertiary/aromatic N) is 1. The van der Waals surface area contributed by atoms with Gasteiger partial charge in [0.25, 0.3) is 0 Å². The molecule has 1 heterocycles. The number of hydrogen-bond acceptors (Lipinski definition) is 6. The van der Waals surface area contributed by atoms with Gasteiger partial charge in [-0.15, -0.1) is 0 Å². The molecule has 1 fully saturated rings. The number of hydrogen-bond donors (Lipinski definition) is 0. The highest BCUT2D eigenvalue weighted by atomic mass is 16.5. The highest BCUT2D eigenvalue weighted by molar-refractivity contribution is 6.10. The molecule has 7 heteroatoms. The summed E-state index contributed by atoms with van der Waals surface area (Å²) in [7, 11) is 2.19. The molecular formula is C10H11NO6. The van der Waals surface area contributed by atoms with Crippen molar-refractivity contribution in [1.82, 2.24) is 4.90 Å². The van der Waals surface area contributed by atoms with Crippen LogP contribution in [0.1, 0.15) is 12.8 Å². The lowest BCUT2D eigenvalue weighted by atomic mass is 10.3. The molecule has 0 aromatic rings. The second-order valence-corrected chi connectivity index (χ2v) is 3.17. The van der Waals surface area contributed by atoms with Crippen LogP contribution in [-0.2, 0) is 28.7 Å². The zero-order valence-electron chi connectivity index (χ0n) is 9.39. The lowest BCUT2D eigenvalue weighted by Gasteiger charge is -2.15. The van der Waals surface area contributed by atoms with E-state index in [4.69, 9.17) is 0 Å². The first-order valence-electron chi connectivity index (χ1n) is 4.75. The third kappa shape index (κ3) is 2.68. The molecule has 7 nitrogen and oxygen atoms in total. The molecule has 92 valence electrons. The van der Waals surface area contributed by atoms with E-state index in [2.05, 4.69) is 9.47 Å². The van der Waals surface area contributed by atoms with Crippen LogP contribution in [-0.4, -0.2) is 42.9 Å². The van der Waals surface area contributed by atoms with E-state index in [0.717, 1.165) is 20.3 Å². The summed E-state index contributed by atoms with van der Waals surface area (Å²) >= 11 is 0. The third-order valence-corrected chi connectivity index (χ3v) is 2.14. The Morgan fingerprint density at radius 3 is 2.06 bits per heavy atom. The van der Waals surface area contributed by atoms with Crippen molar-refractivity contribution in [2.75, 3.05) is 14.2 Å². The van der Waals surface area contributed by atoms with Crippen molar-refractivity contribution in [2.24, 2.45) is 0 Å². The maximum atomic E-state index is 11.4. The van der Waals surface area contributed by atoms with E-state index < -0.39 is 29.5 Å². The van der Waals surface area contributed by atoms with E-state index in [9.17, 15) is 19.2 Å². The average Bonchev–Trinajstić information content (AvgIpc) is 2.65. The molecule has 1 saturated heterocycles. The second kappa shape index (κ2) is 5.24. The number of esters is 2. The summed E-state index contributed by atoms with van der Waals surface area (Å²) in [6, 6.07) is 0. The van der Waals surface area contributed by atoms with Gasteiger partial charge in [-0.2, -0.15) is 0 Å². The van der Waals surface area contributed by atoms with Crippen LogP contribution in [0.4, 0.5) is 0 Å². The summed E-state index contributed by atoms with van der Waals surface area (Å²) in [5, 5.41) is 0. The topological polar surface area (TPSA) is 90.0 Å². The fourth-order valence-corrected chi connectivity index (χ4v) is 1.34. The van der Waals surface area contributed by atoms with Gasteiger partial charge in [0.2, 0.25) is 11.8 Å². The van der Waals surface area contributed by atoms with Crippen molar-refractivity contribution in [3.05, 3.63) is 11.8 Å². The van der Waals surface area contributed by atoms with Gasteiger partial charge < -0.3 is 9.47 Å². The molecule has 0 saturated carbocycles. The molecule has 0 aromatic heterocycles. The van der Waals surface area contributed by atoms with Crippen LogP contribution in [0.5, 0.6) is 0 Å². The van der Waals surface area contributed by atoms with Gasteiger partial charge in [0.05, 0.1) is 20.3 Å². The number of methoxy groups -OCH3 is 2. The first-order valence-corrected chi connectivity index (χ1v) is 4.75. The molecule has 1 aliphatic heterocycles. The number of rotatable bonds is 3. The third-order valence-electron chi connectivity index (χ3n) is 2.14. The summed E-state index contributed by atoms with van der Waals surface area (Å²) in [6.07, 6.45) is 0.773. The van der Waals surface area contributed by atoms with Crippen molar-refractivity contribution in [1.29, 1.82) is 0 Å². The van der Waals surface area contributed by atoms with E-state index >= 15 is 0 Å². The summed E-state index contributed by atoms with van der Waals surface area (Å²) in [5.41, 5.74) is -0.424. The van der Waals surface area contributed by atoms with Crippen molar-refractivity contribution in [2.45, 2.75) is 12.8 Å². The van der Waals surface area contributed by atoms with E-state index in [0.29, 0.717) is 4.90 Å². The van der Waals surface area contributed by atoms with Crippen LogP contribution in [0, 0.1) is 0 Å². The Bertz CT molecular complexity index is 395. The first-order chi connectivity index (χ1) is 8.01. The molecule has 0 aromatic carbocycles. The maximum absolute atomic E-state index is 11.4. The summed E-state index contributed by atoms with van der Waals surface area (Å²) in [6.45, 7) is 0. The van der Waals surface area contributed by atoms with Crippen molar-refractivity contribution in [3.8, 4) is 0 Å². The molecule has 17 heavy (non-hydrogen) atoms. The Labute approximate surface area is 97.0 Å². The standard InChI is InChI=1S/C10H11NO6/c1-16-9(14)5-6(10(15)17-2)11-7(12)3-4-8(11)13/h5H,3-4H2,1-2H3/b6-5+. The van der Waals surface area contributed by atoms with Crippen molar-refractivity contribution >= 4 is 23.8 Å². The van der Waals surface area contributed by atoms with Gasteiger partial charge in [-0.3, -0.25) is 9.59 Å². The van der Waals surface area contributed by atoms with E-state index in [1.54, 1.807) is 0 Å². The molecule has 1 rings (SSSR count). The Morgan fingerprint density at radius 2 is 1.65 bits per heavy atom. The molecule has 0 bridgehead atoms. The molecule has 1 aliphatic rings. The number of ether oxygens (including phenoxy) is 2. The molecule has 0 aliphatic carbocycles. The van der Waals surface area contributed by atoms with Gasteiger partial charge in [-0.1, -0.05) is 0 Å². The quantitative estimate of drug-likeness (QED) is 0.371. The van der Waals surface area contributed by atoms with Gasteiger partial charge in [0, 0.05) is 12.8 Å². The van der Waals surface area contributed by atoms with Gasteiger partial charge in [0.1, 0.15) is 5.70 Å². The van der Waals surface area contributed by atoms with Crippen LogP contribution in [0.15, 0.2) is 11.8 Å². The van der Waals surface area contributed by atoms with E-state index in [1.807, 2.05) is 0 Å².